The minimum absolute atomic E-state index is 0.655. The second-order valence-electron chi connectivity index (χ2n) is 5.55. The maximum Gasteiger partial charge on any atom is 0.0630 e. The predicted octanol–water partition coefficient (Wildman–Crippen LogP) is 1.49. The first-order valence-electron chi connectivity index (χ1n) is 7.17. The van der Waals surface area contributed by atoms with Gasteiger partial charge in [-0.3, -0.25) is 4.90 Å². The fourth-order valence-electron chi connectivity index (χ4n) is 3.30. The van der Waals surface area contributed by atoms with Gasteiger partial charge in [0, 0.05) is 32.2 Å². The standard InChI is InChI=1S/C15H23N3O/c1-12-3-2-4-14(16)15(12)18-6-5-13(11-18)17-7-9-19-10-8-17/h2-4,13H,5-11,16H2,1H3. The fourth-order valence-corrected chi connectivity index (χ4v) is 3.30. The lowest BCUT2D eigenvalue weighted by molar-refractivity contribution is 0.0209. The van der Waals surface area contributed by atoms with Crippen molar-refractivity contribution in [1.82, 2.24) is 4.90 Å². The van der Waals surface area contributed by atoms with Crippen molar-refractivity contribution >= 4 is 11.4 Å². The van der Waals surface area contributed by atoms with E-state index in [2.05, 4.69) is 22.8 Å². The molecule has 0 radical (unpaired) electrons. The van der Waals surface area contributed by atoms with Crippen LogP contribution < -0.4 is 10.6 Å². The van der Waals surface area contributed by atoms with Crippen LogP contribution in [0, 0.1) is 6.92 Å². The molecule has 0 aliphatic carbocycles. The van der Waals surface area contributed by atoms with Crippen LogP contribution in [0.5, 0.6) is 0 Å². The molecule has 19 heavy (non-hydrogen) atoms. The van der Waals surface area contributed by atoms with E-state index in [9.17, 15) is 0 Å². The number of hydrogen-bond donors (Lipinski definition) is 1. The molecule has 1 atom stereocenters. The Hall–Kier alpha value is -1.26. The molecule has 0 bridgehead atoms. The normalized spacial score (nSPS) is 24.9. The van der Waals surface area contributed by atoms with Gasteiger partial charge in [0.1, 0.15) is 0 Å². The Morgan fingerprint density at radius 3 is 2.74 bits per heavy atom. The van der Waals surface area contributed by atoms with Crippen LogP contribution in [0.25, 0.3) is 0 Å². The minimum Gasteiger partial charge on any atom is -0.397 e. The minimum atomic E-state index is 0.655. The van der Waals surface area contributed by atoms with Crippen molar-refractivity contribution in [1.29, 1.82) is 0 Å². The van der Waals surface area contributed by atoms with Gasteiger partial charge in [-0.05, 0) is 25.0 Å². The van der Waals surface area contributed by atoms with Crippen molar-refractivity contribution in [3.05, 3.63) is 23.8 Å². The van der Waals surface area contributed by atoms with Gasteiger partial charge in [0.15, 0.2) is 0 Å². The Bertz CT molecular complexity index is 423. The van der Waals surface area contributed by atoms with Crippen LogP contribution in [0.15, 0.2) is 18.2 Å². The number of morpholine rings is 1. The lowest BCUT2D eigenvalue weighted by Gasteiger charge is -2.32. The fraction of sp³-hybridized carbons (Fsp3) is 0.600. The molecule has 1 unspecified atom stereocenters. The van der Waals surface area contributed by atoms with Crippen molar-refractivity contribution in [3.8, 4) is 0 Å². The van der Waals surface area contributed by atoms with Crippen LogP contribution in [0.1, 0.15) is 12.0 Å². The number of ether oxygens (including phenoxy) is 1. The largest absolute Gasteiger partial charge is 0.397 e. The third-order valence-electron chi connectivity index (χ3n) is 4.31. The lowest BCUT2D eigenvalue weighted by atomic mass is 10.1. The molecular weight excluding hydrogens is 238 g/mol. The van der Waals surface area contributed by atoms with E-state index in [4.69, 9.17) is 10.5 Å². The highest BCUT2D eigenvalue weighted by molar-refractivity contribution is 5.71. The SMILES string of the molecule is Cc1cccc(N)c1N1CCC(N2CCOCC2)C1. The molecule has 104 valence electrons. The molecule has 4 heteroatoms. The van der Waals surface area contributed by atoms with Crippen molar-refractivity contribution in [2.45, 2.75) is 19.4 Å². The molecule has 4 nitrogen and oxygen atoms in total. The summed E-state index contributed by atoms with van der Waals surface area (Å²) in [7, 11) is 0. The van der Waals surface area contributed by atoms with E-state index in [0.717, 1.165) is 45.1 Å². The second kappa shape index (κ2) is 5.39. The van der Waals surface area contributed by atoms with Crippen LogP contribution in [0.3, 0.4) is 0 Å². The summed E-state index contributed by atoms with van der Waals surface area (Å²) in [6.07, 6.45) is 1.23. The van der Waals surface area contributed by atoms with E-state index in [0.29, 0.717) is 6.04 Å². The summed E-state index contributed by atoms with van der Waals surface area (Å²) in [6.45, 7) is 8.25. The highest BCUT2D eigenvalue weighted by Gasteiger charge is 2.29. The first kappa shape index (κ1) is 12.8. The topological polar surface area (TPSA) is 41.7 Å². The van der Waals surface area contributed by atoms with Crippen LogP contribution in [0.2, 0.25) is 0 Å². The molecular formula is C15H23N3O. The average molecular weight is 261 g/mol. The highest BCUT2D eigenvalue weighted by atomic mass is 16.5. The summed E-state index contributed by atoms with van der Waals surface area (Å²) in [5.74, 6) is 0. The predicted molar refractivity (Wildman–Crippen MR) is 78.6 cm³/mol. The molecule has 2 aliphatic heterocycles. The monoisotopic (exact) mass is 261 g/mol. The summed E-state index contributed by atoms with van der Waals surface area (Å²) in [5, 5.41) is 0. The molecule has 2 N–H and O–H groups in total. The molecule has 2 aliphatic rings. The van der Waals surface area contributed by atoms with E-state index in [1.54, 1.807) is 0 Å². The Morgan fingerprint density at radius 1 is 1.21 bits per heavy atom. The van der Waals surface area contributed by atoms with Crippen molar-refractivity contribution < 1.29 is 4.74 Å². The van der Waals surface area contributed by atoms with Gasteiger partial charge in [-0.15, -0.1) is 0 Å². The van der Waals surface area contributed by atoms with Crippen LogP contribution in [-0.4, -0.2) is 50.3 Å². The summed E-state index contributed by atoms with van der Waals surface area (Å²) < 4.78 is 5.43. The zero-order chi connectivity index (χ0) is 13.2. The molecule has 2 saturated heterocycles. The molecule has 2 fully saturated rings. The van der Waals surface area contributed by atoms with E-state index >= 15 is 0 Å². The zero-order valence-electron chi connectivity index (χ0n) is 11.6. The average Bonchev–Trinajstić information content (AvgIpc) is 2.89. The summed E-state index contributed by atoms with van der Waals surface area (Å²) in [4.78, 5) is 5.02. The van der Waals surface area contributed by atoms with Crippen molar-refractivity contribution in [2.24, 2.45) is 0 Å². The number of nitrogens with two attached hydrogens (primary N) is 1. The Morgan fingerprint density at radius 2 is 2.00 bits per heavy atom. The third kappa shape index (κ3) is 2.55. The van der Waals surface area contributed by atoms with E-state index in [1.807, 2.05) is 12.1 Å². The van der Waals surface area contributed by atoms with Gasteiger partial charge in [0.05, 0.1) is 24.6 Å². The summed E-state index contributed by atoms with van der Waals surface area (Å²) in [5.41, 5.74) is 9.57. The number of anilines is 2. The summed E-state index contributed by atoms with van der Waals surface area (Å²) in [6, 6.07) is 6.84. The number of para-hydroxylation sites is 1. The first-order valence-corrected chi connectivity index (χ1v) is 7.17. The quantitative estimate of drug-likeness (QED) is 0.819. The zero-order valence-corrected chi connectivity index (χ0v) is 11.6. The van der Waals surface area contributed by atoms with Crippen molar-refractivity contribution in [2.75, 3.05) is 50.0 Å². The van der Waals surface area contributed by atoms with Crippen molar-refractivity contribution in [3.63, 3.8) is 0 Å². The summed E-state index contributed by atoms with van der Waals surface area (Å²) >= 11 is 0. The van der Waals surface area contributed by atoms with E-state index in [1.165, 1.54) is 17.7 Å². The van der Waals surface area contributed by atoms with Gasteiger partial charge in [0.2, 0.25) is 0 Å². The number of aryl methyl sites for hydroxylation is 1. The first-order chi connectivity index (χ1) is 9.25. The maximum absolute atomic E-state index is 6.15. The van der Waals surface area contributed by atoms with E-state index in [-0.39, 0.29) is 0 Å². The van der Waals surface area contributed by atoms with E-state index < -0.39 is 0 Å². The molecule has 0 amide bonds. The molecule has 1 aromatic rings. The van der Waals surface area contributed by atoms with Gasteiger partial charge >= 0.3 is 0 Å². The molecule has 0 aromatic heterocycles. The smallest absolute Gasteiger partial charge is 0.0630 e. The lowest BCUT2D eigenvalue weighted by Crippen LogP contribution is -2.44. The third-order valence-corrected chi connectivity index (χ3v) is 4.31. The van der Waals surface area contributed by atoms with Crippen LogP contribution in [0.4, 0.5) is 11.4 Å². The van der Waals surface area contributed by atoms with Crippen LogP contribution in [-0.2, 0) is 4.74 Å². The van der Waals surface area contributed by atoms with Gasteiger partial charge in [-0.1, -0.05) is 12.1 Å². The van der Waals surface area contributed by atoms with Gasteiger partial charge in [0.25, 0.3) is 0 Å². The molecule has 3 rings (SSSR count). The number of hydrogen-bond acceptors (Lipinski definition) is 4. The molecule has 1 aromatic carbocycles. The number of rotatable bonds is 2. The van der Waals surface area contributed by atoms with Gasteiger partial charge in [-0.25, -0.2) is 0 Å². The highest BCUT2D eigenvalue weighted by Crippen LogP contribution is 2.31. The molecule has 2 heterocycles. The maximum atomic E-state index is 6.15. The molecule has 0 spiro atoms. The Kier molecular flexibility index (Phi) is 3.62. The Balaban J connectivity index is 1.71. The van der Waals surface area contributed by atoms with Gasteiger partial charge in [-0.2, -0.15) is 0 Å². The second-order valence-corrected chi connectivity index (χ2v) is 5.55. The number of nitrogens with zero attached hydrogens (tertiary/aromatic N) is 2. The van der Waals surface area contributed by atoms with Gasteiger partial charge < -0.3 is 15.4 Å². The van der Waals surface area contributed by atoms with Crippen LogP contribution >= 0.6 is 0 Å². The molecule has 0 saturated carbocycles. The Labute approximate surface area is 115 Å². The number of nitrogen functional groups attached to an aromatic ring is 1. The number of benzene rings is 1.